The largest absolute Gasteiger partial charge is 0.290 e. The van der Waals surface area contributed by atoms with Gasteiger partial charge in [-0.2, -0.15) is 4.57 Å². The second-order valence-corrected chi connectivity index (χ2v) is 4.36. The fourth-order valence-electron chi connectivity index (χ4n) is 1.49. The van der Waals surface area contributed by atoms with Crippen LogP contribution in [0.4, 0.5) is 0 Å². The molecule has 0 aromatic carbocycles. The molecule has 2 aromatic heterocycles. The molecule has 0 atom stereocenters. The minimum atomic E-state index is 0.0966. The molecular formula is C9H11N2OS+. The third-order valence-electron chi connectivity index (χ3n) is 2.06. The highest BCUT2D eigenvalue weighted by Crippen LogP contribution is 2.11. The normalized spacial score (nSPS) is 11.0. The Morgan fingerprint density at radius 1 is 1.54 bits per heavy atom. The molecule has 0 aliphatic carbocycles. The van der Waals surface area contributed by atoms with Gasteiger partial charge in [-0.3, -0.25) is 8.75 Å². The first-order valence-corrected chi connectivity index (χ1v) is 4.83. The summed E-state index contributed by atoms with van der Waals surface area (Å²) in [5.41, 5.74) is 1.21. The highest BCUT2D eigenvalue weighted by Gasteiger charge is 2.13. The first-order chi connectivity index (χ1) is 6.09. The van der Waals surface area contributed by atoms with Crippen LogP contribution in [0.2, 0.25) is 0 Å². The molecule has 2 aromatic rings. The van der Waals surface area contributed by atoms with Crippen LogP contribution in [0, 0.1) is 6.92 Å². The molecule has 3 nitrogen and oxygen atoms in total. The maximum absolute atomic E-state index is 11.6. The van der Waals surface area contributed by atoms with E-state index in [0.29, 0.717) is 0 Å². The summed E-state index contributed by atoms with van der Waals surface area (Å²) in [4.78, 5) is 12.6. The molecular weight excluding hydrogens is 184 g/mol. The van der Waals surface area contributed by atoms with E-state index in [4.69, 9.17) is 0 Å². The predicted octanol–water partition coefficient (Wildman–Crippen LogP) is 0.733. The zero-order valence-electron chi connectivity index (χ0n) is 7.87. The molecule has 0 aliphatic heterocycles. The van der Waals surface area contributed by atoms with Gasteiger partial charge in [-0.15, -0.1) is 0 Å². The van der Waals surface area contributed by atoms with Gasteiger partial charge in [0.15, 0.2) is 6.20 Å². The average molecular weight is 195 g/mol. The fourth-order valence-corrected chi connectivity index (χ4v) is 2.36. The lowest BCUT2D eigenvalue weighted by Gasteiger charge is -1.89. The van der Waals surface area contributed by atoms with Gasteiger partial charge in [0.25, 0.3) is 10.4 Å². The Balaban J connectivity index is 3.03. The Morgan fingerprint density at radius 2 is 2.23 bits per heavy atom. The predicted molar refractivity (Wildman–Crippen MR) is 53.0 cm³/mol. The first-order valence-electron chi connectivity index (χ1n) is 4.06. The van der Waals surface area contributed by atoms with E-state index in [1.54, 1.807) is 11.0 Å². The van der Waals surface area contributed by atoms with Gasteiger partial charge in [0.1, 0.15) is 12.4 Å². The van der Waals surface area contributed by atoms with Crippen LogP contribution >= 0.6 is 11.5 Å². The van der Waals surface area contributed by atoms with Crippen LogP contribution < -0.4 is 10.1 Å². The van der Waals surface area contributed by atoms with E-state index < -0.39 is 0 Å². The van der Waals surface area contributed by atoms with Crippen molar-refractivity contribution in [2.24, 2.45) is 14.1 Å². The molecule has 0 radical (unpaired) electrons. The van der Waals surface area contributed by atoms with E-state index in [1.165, 1.54) is 11.5 Å². The molecule has 68 valence electrons. The van der Waals surface area contributed by atoms with Gasteiger partial charge in [0.05, 0.1) is 0 Å². The minimum Gasteiger partial charge on any atom is -0.268 e. The van der Waals surface area contributed by atoms with Crippen LogP contribution in [-0.2, 0) is 14.1 Å². The summed E-state index contributed by atoms with van der Waals surface area (Å²) >= 11 is 1.48. The SMILES string of the molecule is Cc1cc2c(=O)n(C)sc2[n+](C)c1. The molecule has 0 saturated carbocycles. The maximum atomic E-state index is 11.6. The number of nitrogens with zero attached hydrogens (tertiary/aromatic N) is 2. The van der Waals surface area contributed by atoms with Crippen molar-refractivity contribution in [3.8, 4) is 0 Å². The molecule has 4 heteroatoms. The van der Waals surface area contributed by atoms with E-state index in [9.17, 15) is 4.79 Å². The number of fused-ring (bicyclic) bond motifs is 1. The van der Waals surface area contributed by atoms with Crippen molar-refractivity contribution >= 4 is 21.7 Å². The van der Waals surface area contributed by atoms with Crippen LogP contribution in [0.25, 0.3) is 10.2 Å². The van der Waals surface area contributed by atoms with Gasteiger partial charge in [0, 0.05) is 24.1 Å². The van der Waals surface area contributed by atoms with Gasteiger partial charge < -0.3 is 0 Å². The minimum absolute atomic E-state index is 0.0966. The van der Waals surface area contributed by atoms with Crippen LogP contribution in [-0.4, -0.2) is 3.96 Å². The van der Waals surface area contributed by atoms with Crippen molar-refractivity contribution in [2.45, 2.75) is 6.92 Å². The summed E-state index contributed by atoms with van der Waals surface area (Å²) in [6.07, 6.45) is 2.03. The quantitative estimate of drug-likeness (QED) is 0.569. The van der Waals surface area contributed by atoms with Gasteiger partial charge in [-0.1, -0.05) is 0 Å². The van der Waals surface area contributed by atoms with E-state index >= 15 is 0 Å². The topological polar surface area (TPSA) is 25.9 Å². The molecule has 0 bridgehead atoms. The molecule has 0 N–H and O–H groups in total. The zero-order valence-corrected chi connectivity index (χ0v) is 8.68. The second-order valence-electron chi connectivity index (χ2n) is 3.24. The molecule has 0 spiro atoms. The van der Waals surface area contributed by atoms with E-state index in [0.717, 1.165) is 15.8 Å². The summed E-state index contributed by atoms with van der Waals surface area (Å²) < 4.78 is 3.65. The fraction of sp³-hybridized carbons (Fsp3) is 0.333. The number of pyridine rings is 1. The first kappa shape index (κ1) is 8.44. The van der Waals surface area contributed by atoms with Gasteiger partial charge in [-0.05, 0) is 13.0 Å². The molecule has 0 fully saturated rings. The van der Waals surface area contributed by atoms with Crippen LogP contribution in [0.5, 0.6) is 0 Å². The van der Waals surface area contributed by atoms with Crippen molar-refractivity contribution in [3.05, 3.63) is 28.2 Å². The summed E-state index contributed by atoms with van der Waals surface area (Å²) in [5.74, 6) is 0. The Labute approximate surface area is 80.0 Å². The highest BCUT2D eigenvalue weighted by atomic mass is 32.1. The van der Waals surface area contributed by atoms with Gasteiger partial charge in [0.2, 0.25) is 0 Å². The van der Waals surface area contributed by atoms with Crippen LogP contribution in [0.3, 0.4) is 0 Å². The van der Waals surface area contributed by atoms with E-state index in [1.807, 2.05) is 30.8 Å². The Bertz CT molecular complexity index is 524. The highest BCUT2D eigenvalue weighted by molar-refractivity contribution is 7.12. The number of hydrogen-bond donors (Lipinski definition) is 0. The summed E-state index contributed by atoms with van der Waals surface area (Å²) in [6.45, 7) is 2.00. The Morgan fingerprint density at radius 3 is 2.92 bits per heavy atom. The van der Waals surface area contributed by atoms with E-state index in [-0.39, 0.29) is 5.56 Å². The standard InChI is InChI=1S/C9H11N2OS/c1-6-4-7-8(12)11(3)13-9(7)10(2)5-6/h4-5H,1-3H3/q+1. The summed E-state index contributed by atoms with van der Waals surface area (Å²) in [5, 5.41) is 0.815. The lowest BCUT2D eigenvalue weighted by molar-refractivity contribution is -0.643. The average Bonchev–Trinajstić information content (AvgIpc) is 2.32. The van der Waals surface area contributed by atoms with Gasteiger partial charge in [-0.25, -0.2) is 0 Å². The summed E-state index contributed by atoms with van der Waals surface area (Å²) in [6, 6.07) is 1.94. The van der Waals surface area contributed by atoms with Crippen LogP contribution in [0.1, 0.15) is 5.56 Å². The molecule has 2 rings (SSSR count). The van der Waals surface area contributed by atoms with Gasteiger partial charge >= 0.3 is 0 Å². The van der Waals surface area contributed by atoms with E-state index in [2.05, 4.69) is 0 Å². The van der Waals surface area contributed by atoms with Crippen molar-refractivity contribution in [1.29, 1.82) is 0 Å². The molecule has 0 saturated heterocycles. The lowest BCUT2D eigenvalue weighted by atomic mass is 10.2. The third-order valence-corrected chi connectivity index (χ3v) is 3.18. The molecule has 13 heavy (non-hydrogen) atoms. The summed E-state index contributed by atoms with van der Waals surface area (Å²) in [7, 11) is 3.76. The number of hydrogen-bond acceptors (Lipinski definition) is 2. The molecule has 0 aliphatic rings. The van der Waals surface area contributed by atoms with Crippen molar-refractivity contribution < 1.29 is 4.57 Å². The van der Waals surface area contributed by atoms with Crippen molar-refractivity contribution in [3.63, 3.8) is 0 Å². The van der Waals surface area contributed by atoms with Crippen LogP contribution in [0.15, 0.2) is 17.1 Å². The second kappa shape index (κ2) is 2.67. The monoisotopic (exact) mass is 195 g/mol. The molecule has 0 unspecified atom stereocenters. The van der Waals surface area contributed by atoms with Crippen molar-refractivity contribution in [2.75, 3.05) is 0 Å². The smallest absolute Gasteiger partial charge is 0.268 e. The number of aromatic nitrogens is 2. The Kier molecular flexibility index (Phi) is 1.73. The number of aryl methyl sites for hydroxylation is 3. The molecule has 2 heterocycles. The third kappa shape index (κ3) is 1.18. The maximum Gasteiger partial charge on any atom is 0.290 e. The number of rotatable bonds is 0. The lowest BCUT2D eigenvalue weighted by Crippen LogP contribution is -2.28. The molecule has 0 amide bonds. The van der Waals surface area contributed by atoms with Crippen molar-refractivity contribution in [1.82, 2.24) is 3.96 Å². The Hall–Kier alpha value is -1.16. The zero-order chi connectivity index (χ0) is 9.59.